The third-order valence-corrected chi connectivity index (χ3v) is 9.42. The van der Waals surface area contributed by atoms with Gasteiger partial charge in [-0.05, 0) is 79.6 Å². The highest BCUT2D eigenvalue weighted by Gasteiger charge is 2.70. The van der Waals surface area contributed by atoms with Crippen molar-refractivity contribution in [1.29, 1.82) is 0 Å². The Hall–Kier alpha value is -4.68. The number of carbonyl (C=O) groups excluding carboxylic acids is 3. The lowest BCUT2D eigenvalue weighted by molar-refractivity contribution is -0.121. The minimum atomic E-state index is -1.38. The van der Waals surface area contributed by atoms with Gasteiger partial charge in [-0.3, -0.25) is 14.4 Å². The van der Waals surface area contributed by atoms with Gasteiger partial charge >= 0.3 is 0 Å². The number of nitrogens with zero attached hydrogens (tertiary/aromatic N) is 1. The number of rotatable bonds is 5. The Bertz CT molecular complexity index is 1860. The highest BCUT2D eigenvalue weighted by molar-refractivity contribution is 6.30. The van der Waals surface area contributed by atoms with Crippen molar-refractivity contribution >= 4 is 46.0 Å². The summed E-state index contributed by atoms with van der Waals surface area (Å²) in [5.74, 6) is -1.37. The van der Waals surface area contributed by atoms with E-state index in [4.69, 9.17) is 16.3 Å². The second-order valence-corrected chi connectivity index (χ2v) is 11.9. The van der Waals surface area contributed by atoms with Gasteiger partial charge in [-0.2, -0.15) is 0 Å². The summed E-state index contributed by atoms with van der Waals surface area (Å²) < 4.78 is 5.45. The average Bonchev–Trinajstić information content (AvgIpc) is 3.49. The second-order valence-electron chi connectivity index (χ2n) is 11.5. The molecule has 6 nitrogen and oxygen atoms in total. The summed E-state index contributed by atoms with van der Waals surface area (Å²) in [7, 11) is 1.55. The number of ketones is 2. The van der Waals surface area contributed by atoms with E-state index < -0.39 is 23.4 Å². The van der Waals surface area contributed by atoms with Gasteiger partial charge < -0.3 is 15.0 Å². The van der Waals surface area contributed by atoms with Gasteiger partial charge in [0.25, 0.3) is 0 Å². The number of carbonyl (C=O) groups is 3. The van der Waals surface area contributed by atoms with Crippen molar-refractivity contribution < 1.29 is 19.1 Å². The molecule has 0 radical (unpaired) electrons. The molecule has 43 heavy (non-hydrogen) atoms. The van der Waals surface area contributed by atoms with Gasteiger partial charge in [-0.15, -0.1) is 0 Å². The summed E-state index contributed by atoms with van der Waals surface area (Å²) in [6, 6.07) is 25.6. The Balaban J connectivity index is 1.55. The van der Waals surface area contributed by atoms with Gasteiger partial charge in [0.1, 0.15) is 17.2 Å². The first-order valence-corrected chi connectivity index (χ1v) is 14.6. The Labute approximate surface area is 254 Å². The number of aryl methyl sites for hydroxylation is 1. The number of amides is 1. The average molecular weight is 589 g/mol. The van der Waals surface area contributed by atoms with Crippen LogP contribution in [0.1, 0.15) is 44.3 Å². The van der Waals surface area contributed by atoms with E-state index in [2.05, 4.69) is 17.5 Å². The summed E-state index contributed by atoms with van der Waals surface area (Å²) in [5.41, 5.74) is 4.63. The van der Waals surface area contributed by atoms with Crippen LogP contribution in [0, 0.1) is 12.8 Å². The fraction of sp³-hybridized carbons (Fsp3) is 0.194. The fourth-order valence-corrected chi connectivity index (χ4v) is 7.41. The number of para-hydroxylation sites is 1. The number of ether oxygens (including phenoxy) is 1. The van der Waals surface area contributed by atoms with E-state index in [0.29, 0.717) is 33.1 Å². The molecule has 1 saturated heterocycles. The van der Waals surface area contributed by atoms with Crippen molar-refractivity contribution in [3.8, 4) is 5.75 Å². The van der Waals surface area contributed by atoms with Crippen molar-refractivity contribution in [3.63, 3.8) is 0 Å². The van der Waals surface area contributed by atoms with Crippen molar-refractivity contribution in [3.05, 3.63) is 130 Å². The molecule has 0 saturated carbocycles. The van der Waals surface area contributed by atoms with Crippen LogP contribution in [0.15, 0.2) is 97.1 Å². The van der Waals surface area contributed by atoms with Crippen LogP contribution in [0.25, 0.3) is 5.57 Å². The van der Waals surface area contributed by atoms with Gasteiger partial charge in [0.05, 0.1) is 19.1 Å². The van der Waals surface area contributed by atoms with Crippen LogP contribution < -0.4 is 15.0 Å². The molecule has 1 fully saturated rings. The predicted octanol–water partition coefficient (Wildman–Crippen LogP) is 6.90. The molecule has 1 amide bonds. The Morgan fingerprint density at radius 3 is 2.42 bits per heavy atom. The van der Waals surface area contributed by atoms with E-state index in [9.17, 15) is 14.4 Å². The molecule has 214 valence electrons. The normalized spacial score (nSPS) is 23.3. The monoisotopic (exact) mass is 588 g/mol. The van der Waals surface area contributed by atoms with Crippen molar-refractivity contribution in [2.75, 3.05) is 17.3 Å². The van der Waals surface area contributed by atoms with Gasteiger partial charge in [0.2, 0.25) is 5.91 Å². The van der Waals surface area contributed by atoms with Crippen molar-refractivity contribution in [1.82, 2.24) is 0 Å². The van der Waals surface area contributed by atoms with E-state index >= 15 is 0 Å². The van der Waals surface area contributed by atoms with Gasteiger partial charge in [0.15, 0.2) is 11.6 Å². The second kappa shape index (κ2) is 9.96. The zero-order valence-electron chi connectivity index (χ0n) is 23.9. The minimum absolute atomic E-state index is 0.259. The number of allylic oxidation sites excluding steroid dienone is 1. The maximum absolute atomic E-state index is 14.9. The van der Waals surface area contributed by atoms with Crippen LogP contribution >= 0.6 is 11.6 Å². The quantitative estimate of drug-likeness (QED) is 0.257. The summed E-state index contributed by atoms with van der Waals surface area (Å²) in [5, 5.41) is 3.57. The first kappa shape index (κ1) is 27.2. The number of methoxy groups -OCH3 is 1. The number of fused-ring (bicyclic) bond motifs is 6. The largest absolute Gasteiger partial charge is 0.497 e. The summed E-state index contributed by atoms with van der Waals surface area (Å²) >= 11 is 6.20. The molecular formula is C36H29ClN2O4. The highest BCUT2D eigenvalue weighted by atomic mass is 35.5. The highest BCUT2D eigenvalue weighted by Crippen LogP contribution is 2.59. The van der Waals surface area contributed by atoms with E-state index in [1.807, 2.05) is 55.1 Å². The molecular weight excluding hydrogens is 560 g/mol. The van der Waals surface area contributed by atoms with E-state index in [0.717, 1.165) is 22.4 Å². The number of nitrogens with one attached hydrogen (secondary N) is 1. The van der Waals surface area contributed by atoms with Gasteiger partial charge in [-0.25, -0.2) is 0 Å². The Morgan fingerprint density at radius 2 is 1.65 bits per heavy atom. The molecule has 7 heteroatoms. The van der Waals surface area contributed by atoms with Crippen LogP contribution in [0.5, 0.6) is 5.75 Å². The van der Waals surface area contributed by atoms with Crippen LogP contribution in [-0.4, -0.2) is 36.7 Å². The van der Waals surface area contributed by atoms with Crippen molar-refractivity contribution in [2.24, 2.45) is 5.92 Å². The number of halogens is 1. The fourth-order valence-electron chi connectivity index (χ4n) is 7.29. The topological polar surface area (TPSA) is 75.7 Å². The first-order valence-electron chi connectivity index (χ1n) is 14.2. The Morgan fingerprint density at radius 1 is 0.884 bits per heavy atom. The van der Waals surface area contributed by atoms with Crippen molar-refractivity contribution in [2.45, 2.75) is 31.3 Å². The summed E-state index contributed by atoms with van der Waals surface area (Å²) in [6.07, 6.45) is 2.06. The number of hydrogen-bond donors (Lipinski definition) is 1. The van der Waals surface area contributed by atoms with E-state index in [-0.39, 0.29) is 17.5 Å². The van der Waals surface area contributed by atoms with Crippen LogP contribution in [0.3, 0.4) is 0 Å². The maximum Gasteiger partial charge on any atom is 0.238 e. The van der Waals surface area contributed by atoms with E-state index in [1.165, 1.54) is 0 Å². The molecule has 4 aromatic carbocycles. The molecule has 3 aliphatic rings. The maximum atomic E-state index is 14.9. The molecule has 3 aliphatic heterocycles. The molecule has 1 N–H and O–H groups in total. The van der Waals surface area contributed by atoms with Gasteiger partial charge in [-0.1, -0.05) is 59.6 Å². The molecule has 7 rings (SSSR count). The minimum Gasteiger partial charge on any atom is -0.497 e. The molecule has 3 heterocycles. The molecule has 4 unspecified atom stereocenters. The number of Topliss-reactive ketones (excluding diaryl/α,β-unsaturated/α-hetero) is 2. The number of benzene rings is 4. The third-order valence-electron chi connectivity index (χ3n) is 9.17. The molecule has 0 bridgehead atoms. The predicted molar refractivity (Wildman–Crippen MR) is 168 cm³/mol. The lowest BCUT2D eigenvalue weighted by Crippen LogP contribution is -2.51. The number of anilines is 2. The van der Waals surface area contributed by atoms with Crippen LogP contribution in [0.2, 0.25) is 5.02 Å². The van der Waals surface area contributed by atoms with Crippen LogP contribution in [-0.2, 0) is 10.2 Å². The molecule has 4 aromatic rings. The summed E-state index contributed by atoms with van der Waals surface area (Å²) in [4.78, 5) is 46.3. The SMILES string of the molecule is COc1cccc(C(=O)C2C(C(=O)c3ccc(Cl)cc3)C3(C(=O)Nc4ccccc43)C3C=C(C)c4cc(C)ccc4N23)c1. The van der Waals surface area contributed by atoms with Gasteiger partial charge in [0, 0.05) is 33.1 Å². The zero-order valence-corrected chi connectivity index (χ0v) is 24.7. The number of hydrogen-bond acceptors (Lipinski definition) is 5. The van der Waals surface area contributed by atoms with Crippen LogP contribution in [0.4, 0.5) is 11.4 Å². The van der Waals surface area contributed by atoms with E-state index in [1.54, 1.807) is 55.6 Å². The molecule has 0 aliphatic carbocycles. The standard InChI is InChI=1S/C36H29ClN2O4/c1-20-11-16-29-26(17-20)21(2)18-30-36(27-9-4-5-10-28(27)38-35(36)42)31(33(40)22-12-14-24(37)15-13-22)32(39(29)30)34(41)23-7-6-8-25(19-23)43-3/h4-19,30-32H,1-3H3,(H,38,42). The Kier molecular flexibility index (Phi) is 6.29. The summed E-state index contributed by atoms with van der Waals surface area (Å²) in [6.45, 7) is 4.05. The first-order chi connectivity index (χ1) is 20.7. The lowest BCUT2D eigenvalue weighted by Gasteiger charge is -2.39. The molecule has 4 atom stereocenters. The molecule has 1 spiro atoms. The zero-order chi connectivity index (χ0) is 30.0. The molecule has 0 aromatic heterocycles. The lowest BCUT2D eigenvalue weighted by atomic mass is 9.64. The third kappa shape index (κ3) is 3.90. The smallest absolute Gasteiger partial charge is 0.238 e.